The number of fused-ring (bicyclic) bond motifs is 1. The first-order valence-corrected chi connectivity index (χ1v) is 11.2. The number of aryl methyl sites for hydroxylation is 1. The molecular weight excluding hydrogens is 370 g/mol. The van der Waals surface area contributed by atoms with Gasteiger partial charge in [-0.15, -0.1) is 11.3 Å². The number of aromatic nitrogens is 2. The molecule has 0 unspecified atom stereocenters. The third-order valence-corrected chi connectivity index (χ3v) is 6.59. The van der Waals surface area contributed by atoms with Crippen LogP contribution in [0.2, 0.25) is 0 Å². The maximum Gasteiger partial charge on any atom is 0.261 e. The highest BCUT2D eigenvalue weighted by molar-refractivity contribution is 7.12. The summed E-state index contributed by atoms with van der Waals surface area (Å²) in [6.45, 7) is 0. The minimum Gasteiger partial charge on any atom is -0.362 e. The highest BCUT2D eigenvalue weighted by Crippen LogP contribution is 2.29. The van der Waals surface area contributed by atoms with E-state index in [0.717, 1.165) is 55.2 Å². The predicted octanol–water partition coefficient (Wildman–Crippen LogP) is 3.64. The smallest absolute Gasteiger partial charge is 0.261 e. The van der Waals surface area contributed by atoms with Gasteiger partial charge in [-0.25, -0.2) is 4.98 Å². The van der Waals surface area contributed by atoms with E-state index in [-0.39, 0.29) is 11.9 Å². The number of anilines is 2. The number of hydrogen-bond donors (Lipinski definition) is 2. The maximum atomic E-state index is 12.2. The van der Waals surface area contributed by atoms with E-state index in [2.05, 4.69) is 29.6 Å². The summed E-state index contributed by atoms with van der Waals surface area (Å²) in [5.41, 5.74) is 2.53. The average molecular weight is 400 g/mol. The zero-order chi connectivity index (χ0) is 19.5. The van der Waals surface area contributed by atoms with Crippen LogP contribution >= 0.6 is 11.3 Å². The van der Waals surface area contributed by atoms with Crippen LogP contribution < -0.4 is 15.5 Å². The summed E-state index contributed by atoms with van der Waals surface area (Å²) in [6, 6.07) is 4.42. The fraction of sp³-hybridized carbons (Fsp3) is 0.571. The van der Waals surface area contributed by atoms with Gasteiger partial charge in [0.15, 0.2) is 0 Å². The van der Waals surface area contributed by atoms with Crippen LogP contribution in [0, 0.1) is 0 Å². The lowest BCUT2D eigenvalue weighted by Gasteiger charge is -2.30. The zero-order valence-electron chi connectivity index (χ0n) is 16.7. The van der Waals surface area contributed by atoms with Crippen LogP contribution in [0.1, 0.15) is 59.5 Å². The second kappa shape index (κ2) is 8.47. The zero-order valence-corrected chi connectivity index (χ0v) is 17.5. The van der Waals surface area contributed by atoms with Gasteiger partial charge in [-0.1, -0.05) is 6.07 Å². The van der Waals surface area contributed by atoms with Gasteiger partial charge in [0, 0.05) is 31.7 Å². The number of amides is 1. The second-order valence-electron chi connectivity index (χ2n) is 8.04. The van der Waals surface area contributed by atoms with Crippen LogP contribution in [-0.4, -0.2) is 42.1 Å². The molecule has 2 aromatic rings. The summed E-state index contributed by atoms with van der Waals surface area (Å²) >= 11 is 1.49. The SMILES string of the molecule is CN(C)c1nc(N[C@H]2CC[C@@H](NC(=O)c3cccs3)CC2)nc2c1CCCC2. The molecule has 0 spiro atoms. The fourth-order valence-electron chi connectivity index (χ4n) is 4.24. The quantitative estimate of drug-likeness (QED) is 0.803. The van der Waals surface area contributed by atoms with Crippen molar-refractivity contribution in [2.24, 2.45) is 0 Å². The van der Waals surface area contributed by atoms with Gasteiger partial charge in [-0.2, -0.15) is 4.98 Å². The number of rotatable bonds is 5. The Kier molecular flexibility index (Phi) is 5.80. The second-order valence-corrected chi connectivity index (χ2v) is 8.99. The van der Waals surface area contributed by atoms with Gasteiger partial charge in [0.25, 0.3) is 5.91 Å². The lowest BCUT2D eigenvalue weighted by atomic mass is 9.91. The Balaban J connectivity index is 1.36. The van der Waals surface area contributed by atoms with Crippen molar-refractivity contribution < 1.29 is 4.79 Å². The third kappa shape index (κ3) is 4.29. The Morgan fingerprint density at radius 3 is 2.57 bits per heavy atom. The molecule has 1 fully saturated rings. The Morgan fingerprint density at radius 1 is 1.11 bits per heavy atom. The summed E-state index contributed by atoms with van der Waals surface area (Å²) in [6.07, 6.45) is 8.59. The summed E-state index contributed by atoms with van der Waals surface area (Å²) in [5.74, 6) is 1.87. The highest BCUT2D eigenvalue weighted by atomic mass is 32.1. The lowest BCUT2D eigenvalue weighted by molar-refractivity contribution is 0.0930. The van der Waals surface area contributed by atoms with E-state index in [1.807, 2.05) is 17.5 Å². The number of carbonyl (C=O) groups excluding carboxylic acids is 1. The van der Waals surface area contributed by atoms with E-state index < -0.39 is 0 Å². The van der Waals surface area contributed by atoms with Crippen molar-refractivity contribution >= 4 is 29.0 Å². The predicted molar refractivity (Wildman–Crippen MR) is 114 cm³/mol. The topological polar surface area (TPSA) is 70.2 Å². The minimum atomic E-state index is 0.0556. The summed E-state index contributed by atoms with van der Waals surface area (Å²) in [5, 5.41) is 8.69. The van der Waals surface area contributed by atoms with Crippen LogP contribution in [0.3, 0.4) is 0 Å². The summed E-state index contributed by atoms with van der Waals surface area (Å²) < 4.78 is 0. The fourth-order valence-corrected chi connectivity index (χ4v) is 4.86. The molecule has 150 valence electrons. The molecule has 0 aromatic carbocycles. The van der Waals surface area contributed by atoms with Crippen molar-refractivity contribution in [2.75, 3.05) is 24.3 Å². The van der Waals surface area contributed by atoms with E-state index in [4.69, 9.17) is 9.97 Å². The molecule has 6 nitrogen and oxygen atoms in total. The number of nitrogens with zero attached hydrogens (tertiary/aromatic N) is 3. The Labute approximate surface area is 170 Å². The van der Waals surface area contributed by atoms with E-state index in [9.17, 15) is 4.79 Å². The average Bonchev–Trinajstić information content (AvgIpc) is 3.24. The van der Waals surface area contributed by atoms with Gasteiger partial charge in [0.1, 0.15) is 5.82 Å². The van der Waals surface area contributed by atoms with Crippen molar-refractivity contribution in [3.05, 3.63) is 33.6 Å². The molecule has 0 saturated heterocycles. The Morgan fingerprint density at radius 2 is 1.86 bits per heavy atom. The molecule has 28 heavy (non-hydrogen) atoms. The third-order valence-electron chi connectivity index (χ3n) is 5.73. The van der Waals surface area contributed by atoms with E-state index >= 15 is 0 Å². The van der Waals surface area contributed by atoms with Crippen LogP contribution in [0.4, 0.5) is 11.8 Å². The number of thiophene rings is 1. The summed E-state index contributed by atoms with van der Waals surface area (Å²) in [4.78, 5) is 24.8. The monoisotopic (exact) mass is 399 g/mol. The van der Waals surface area contributed by atoms with Crippen LogP contribution in [0.25, 0.3) is 0 Å². The molecule has 1 amide bonds. The molecule has 2 aliphatic carbocycles. The van der Waals surface area contributed by atoms with Crippen LogP contribution in [0.15, 0.2) is 17.5 Å². The normalized spacial score (nSPS) is 21.6. The molecule has 0 aliphatic heterocycles. The van der Waals surface area contributed by atoms with Crippen molar-refractivity contribution in [3.8, 4) is 0 Å². The summed E-state index contributed by atoms with van der Waals surface area (Å²) in [7, 11) is 4.12. The highest BCUT2D eigenvalue weighted by Gasteiger charge is 2.25. The van der Waals surface area contributed by atoms with Crippen LogP contribution in [0.5, 0.6) is 0 Å². The van der Waals surface area contributed by atoms with Gasteiger partial charge >= 0.3 is 0 Å². The van der Waals surface area contributed by atoms with Crippen LogP contribution in [-0.2, 0) is 12.8 Å². The number of carbonyl (C=O) groups is 1. The minimum absolute atomic E-state index is 0.0556. The van der Waals surface area contributed by atoms with Crippen molar-refractivity contribution in [3.63, 3.8) is 0 Å². The standard InChI is InChI=1S/C21H29N5OS/c1-26(2)19-16-6-3-4-7-17(16)24-21(25-19)23-15-11-9-14(10-12-15)22-20(27)18-8-5-13-28-18/h5,8,13-15H,3-4,6-7,9-12H2,1-2H3,(H,22,27)(H,23,24,25)/t14-,15+. The molecule has 2 aliphatic rings. The Bertz CT molecular complexity index is 812. The largest absolute Gasteiger partial charge is 0.362 e. The first kappa shape index (κ1) is 19.2. The molecule has 0 bridgehead atoms. The number of nitrogens with one attached hydrogen (secondary N) is 2. The van der Waals surface area contributed by atoms with Crippen molar-refractivity contribution in [2.45, 2.75) is 63.5 Å². The molecule has 2 aromatic heterocycles. The molecule has 1 saturated carbocycles. The first-order chi connectivity index (χ1) is 13.6. The Hall–Kier alpha value is -2.15. The van der Waals surface area contributed by atoms with Crippen molar-refractivity contribution in [1.82, 2.24) is 15.3 Å². The molecule has 2 heterocycles. The van der Waals surface area contributed by atoms with E-state index in [1.54, 1.807) is 0 Å². The first-order valence-electron chi connectivity index (χ1n) is 10.3. The maximum absolute atomic E-state index is 12.2. The number of hydrogen-bond acceptors (Lipinski definition) is 6. The van der Waals surface area contributed by atoms with E-state index in [1.165, 1.54) is 35.4 Å². The van der Waals surface area contributed by atoms with Gasteiger partial charge in [-0.3, -0.25) is 4.79 Å². The lowest BCUT2D eigenvalue weighted by Crippen LogP contribution is -2.40. The molecule has 0 radical (unpaired) electrons. The van der Waals surface area contributed by atoms with Gasteiger partial charge in [0.2, 0.25) is 5.95 Å². The molecule has 2 N–H and O–H groups in total. The molecular formula is C21H29N5OS. The van der Waals surface area contributed by atoms with Gasteiger partial charge in [0.05, 0.1) is 10.6 Å². The molecule has 0 atom stereocenters. The van der Waals surface area contributed by atoms with Gasteiger partial charge < -0.3 is 15.5 Å². The van der Waals surface area contributed by atoms with Gasteiger partial charge in [-0.05, 0) is 62.8 Å². The molecule has 7 heteroatoms. The van der Waals surface area contributed by atoms with E-state index in [0.29, 0.717) is 6.04 Å². The van der Waals surface area contributed by atoms with Crippen molar-refractivity contribution in [1.29, 1.82) is 0 Å². The molecule has 4 rings (SSSR count).